The Morgan fingerprint density at radius 1 is 1.31 bits per heavy atom. The van der Waals surface area contributed by atoms with Crippen LogP contribution in [-0.4, -0.2) is 10.1 Å². The van der Waals surface area contributed by atoms with Gasteiger partial charge in [-0.3, -0.25) is 0 Å². The summed E-state index contributed by atoms with van der Waals surface area (Å²) in [6.45, 7) is 2.03. The van der Waals surface area contributed by atoms with Crippen LogP contribution in [0.5, 0.6) is 0 Å². The predicted octanol–water partition coefficient (Wildman–Crippen LogP) is 2.92. The Balaban J connectivity index is 2.05. The molecule has 90 valence electrons. The summed E-state index contributed by atoms with van der Waals surface area (Å²) in [4.78, 5) is 4.44. The molecule has 1 aromatic heterocycles. The molecular weight excluding hydrogens is 202 g/mol. The molecule has 1 atom stereocenters. The second-order valence-electron chi connectivity index (χ2n) is 4.69. The average Bonchev–Trinajstić information content (AvgIpc) is 2.64. The molecule has 0 spiro atoms. The van der Waals surface area contributed by atoms with Gasteiger partial charge in [0.05, 0.1) is 6.04 Å². The van der Waals surface area contributed by atoms with Gasteiger partial charge < -0.3 is 10.3 Å². The highest BCUT2D eigenvalue weighted by Gasteiger charge is 2.21. The zero-order valence-corrected chi connectivity index (χ0v) is 9.98. The molecule has 1 saturated carbocycles. The lowest BCUT2D eigenvalue weighted by Gasteiger charge is -2.07. The van der Waals surface area contributed by atoms with Gasteiger partial charge in [0.15, 0.2) is 5.82 Å². The molecule has 1 aliphatic rings. The largest absolute Gasteiger partial charge is 0.338 e. The summed E-state index contributed by atoms with van der Waals surface area (Å²) in [5.74, 6) is 1.96. The monoisotopic (exact) mass is 223 g/mol. The van der Waals surface area contributed by atoms with Crippen LogP contribution in [0.3, 0.4) is 0 Å². The van der Waals surface area contributed by atoms with E-state index < -0.39 is 0 Å². The Morgan fingerprint density at radius 3 is 2.62 bits per heavy atom. The summed E-state index contributed by atoms with van der Waals surface area (Å²) in [5.41, 5.74) is 5.87. The van der Waals surface area contributed by atoms with E-state index in [1.165, 1.54) is 38.5 Å². The maximum atomic E-state index is 5.87. The SMILES string of the molecule is CC[C@H](N)c1nc(C2CCCCCC2)no1. The molecule has 1 aromatic rings. The van der Waals surface area contributed by atoms with Crippen LogP contribution in [0.4, 0.5) is 0 Å². The van der Waals surface area contributed by atoms with E-state index in [-0.39, 0.29) is 6.04 Å². The van der Waals surface area contributed by atoms with E-state index in [0.717, 1.165) is 12.2 Å². The average molecular weight is 223 g/mol. The number of nitrogens with two attached hydrogens (primary N) is 1. The number of aromatic nitrogens is 2. The molecule has 16 heavy (non-hydrogen) atoms. The summed E-state index contributed by atoms with van der Waals surface area (Å²) < 4.78 is 5.23. The van der Waals surface area contributed by atoms with Gasteiger partial charge in [-0.1, -0.05) is 37.8 Å². The lowest BCUT2D eigenvalue weighted by molar-refractivity contribution is 0.344. The summed E-state index contributed by atoms with van der Waals surface area (Å²) >= 11 is 0. The molecule has 0 amide bonds. The second-order valence-corrected chi connectivity index (χ2v) is 4.69. The van der Waals surface area contributed by atoms with Gasteiger partial charge in [0.25, 0.3) is 0 Å². The molecule has 2 rings (SSSR count). The number of rotatable bonds is 3. The first kappa shape index (κ1) is 11.6. The Morgan fingerprint density at radius 2 is 2.00 bits per heavy atom. The quantitative estimate of drug-likeness (QED) is 0.800. The first-order valence-corrected chi connectivity index (χ1v) is 6.40. The molecule has 4 heteroatoms. The van der Waals surface area contributed by atoms with Crippen LogP contribution in [0.2, 0.25) is 0 Å². The molecule has 0 unspecified atom stereocenters. The van der Waals surface area contributed by atoms with E-state index in [2.05, 4.69) is 10.1 Å². The summed E-state index contributed by atoms with van der Waals surface area (Å²) in [6.07, 6.45) is 8.49. The van der Waals surface area contributed by atoms with Gasteiger partial charge in [-0.05, 0) is 19.3 Å². The van der Waals surface area contributed by atoms with Gasteiger partial charge in [0, 0.05) is 5.92 Å². The molecule has 0 aromatic carbocycles. The predicted molar refractivity (Wildman–Crippen MR) is 62.0 cm³/mol. The van der Waals surface area contributed by atoms with Crippen LogP contribution < -0.4 is 5.73 Å². The second kappa shape index (κ2) is 5.43. The van der Waals surface area contributed by atoms with E-state index in [1.807, 2.05) is 6.92 Å². The Kier molecular flexibility index (Phi) is 3.93. The van der Waals surface area contributed by atoms with Crippen LogP contribution in [0.15, 0.2) is 4.52 Å². The summed E-state index contributed by atoms with van der Waals surface area (Å²) in [6, 6.07) is -0.105. The molecule has 0 radical (unpaired) electrons. The van der Waals surface area contributed by atoms with Crippen molar-refractivity contribution in [1.82, 2.24) is 10.1 Å². The standard InChI is InChI=1S/C12H21N3O/c1-2-10(13)12-14-11(15-16-12)9-7-5-3-4-6-8-9/h9-10H,2-8,13H2,1H3/t10-/m0/s1. The molecule has 1 heterocycles. The van der Waals surface area contributed by atoms with Gasteiger partial charge in [0.1, 0.15) is 0 Å². The van der Waals surface area contributed by atoms with Crippen molar-refractivity contribution in [1.29, 1.82) is 0 Å². The van der Waals surface area contributed by atoms with Crippen molar-refractivity contribution in [3.8, 4) is 0 Å². The highest BCUT2D eigenvalue weighted by Crippen LogP contribution is 2.30. The van der Waals surface area contributed by atoms with E-state index >= 15 is 0 Å². The van der Waals surface area contributed by atoms with Gasteiger partial charge in [0.2, 0.25) is 5.89 Å². The Hall–Kier alpha value is -0.900. The fraction of sp³-hybridized carbons (Fsp3) is 0.833. The number of hydrogen-bond acceptors (Lipinski definition) is 4. The van der Waals surface area contributed by atoms with Gasteiger partial charge in [-0.15, -0.1) is 0 Å². The lowest BCUT2D eigenvalue weighted by Crippen LogP contribution is -2.09. The van der Waals surface area contributed by atoms with E-state index in [0.29, 0.717) is 11.8 Å². The summed E-state index contributed by atoms with van der Waals surface area (Å²) in [7, 11) is 0. The van der Waals surface area contributed by atoms with Crippen molar-refractivity contribution in [2.75, 3.05) is 0 Å². The molecule has 4 nitrogen and oxygen atoms in total. The number of nitrogens with zero attached hydrogens (tertiary/aromatic N) is 2. The third-order valence-corrected chi connectivity index (χ3v) is 3.43. The Bertz CT molecular complexity index is 316. The van der Waals surface area contributed by atoms with Crippen LogP contribution in [0.25, 0.3) is 0 Å². The van der Waals surface area contributed by atoms with E-state index in [9.17, 15) is 0 Å². The first-order valence-electron chi connectivity index (χ1n) is 6.40. The van der Waals surface area contributed by atoms with Crippen molar-refractivity contribution >= 4 is 0 Å². The minimum Gasteiger partial charge on any atom is -0.338 e. The summed E-state index contributed by atoms with van der Waals surface area (Å²) in [5, 5.41) is 4.08. The first-order chi connectivity index (χ1) is 7.81. The van der Waals surface area contributed by atoms with Crippen LogP contribution in [0, 0.1) is 0 Å². The number of hydrogen-bond donors (Lipinski definition) is 1. The fourth-order valence-corrected chi connectivity index (χ4v) is 2.28. The lowest BCUT2D eigenvalue weighted by atomic mass is 10.00. The van der Waals surface area contributed by atoms with Crippen molar-refractivity contribution in [2.24, 2.45) is 5.73 Å². The molecular formula is C12H21N3O. The third-order valence-electron chi connectivity index (χ3n) is 3.43. The van der Waals surface area contributed by atoms with Crippen LogP contribution >= 0.6 is 0 Å². The zero-order chi connectivity index (χ0) is 11.4. The van der Waals surface area contributed by atoms with Gasteiger partial charge in [-0.25, -0.2) is 0 Å². The molecule has 1 aliphatic carbocycles. The minimum atomic E-state index is -0.105. The normalized spacial score (nSPS) is 20.6. The third kappa shape index (κ3) is 2.61. The van der Waals surface area contributed by atoms with Crippen LogP contribution in [-0.2, 0) is 0 Å². The van der Waals surface area contributed by atoms with Crippen molar-refractivity contribution in [3.63, 3.8) is 0 Å². The highest BCUT2D eigenvalue weighted by atomic mass is 16.5. The van der Waals surface area contributed by atoms with Crippen molar-refractivity contribution < 1.29 is 4.52 Å². The van der Waals surface area contributed by atoms with E-state index in [4.69, 9.17) is 10.3 Å². The highest BCUT2D eigenvalue weighted by molar-refractivity contribution is 4.98. The maximum absolute atomic E-state index is 5.87. The van der Waals surface area contributed by atoms with Gasteiger partial charge in [-0.2, -0.15) is 4.98 Å². The van der Waals surface area contributed by atoms with E-state index in [1.54, 1.807) is 0 Å². The van der Waals surface area contributed by atoms with Crippen molar-refractivity contribution in [2.45, 2.75) is 63.8 Å². The van der Waals surface area contributed by atoms with Crippen molar-refractivity contribution in [3.05, 3.63) is 11.7 Å². The zero-order valence-electron chi connectivity index (χ0n) is 9.98. The smallest absolute Gasteiger partial charge is 0.243 e. The molecule has 0 aliphatic heterocycles. The maximum Gasteiger partial charge on any atom is 0.243 e. The fourth-order valence-electron chi connectivity index (χ4n) is 2.28. The molecule has 0 bridgehead atoms. The molecule has 0 saturated heterocycles. The molecule has 1 fully saturated rings. The topological polar surface area (TPSA) is 64.9 Å². The van der Waals surface area contributed by atoms with Crippen LogP contribution in [0.1, 0.15) is 75.5 Å². The van der Waals surface area contributed by atoms with Gasteiger partial charge >= 0.3 is 0 Å². The Labute approximate surface area is 96.6 Å². The minimum absolute atomic E-state index is 0.105. The molecule has 2 N–H and O–H groups in total.